The van der Waals surface area contributed by atoms with Gasteiger partial charge >= 0.3 is 0 Å². The predicted molar refractivity (Wildman–Crippen MR) is 111 cm³/mol. The average Bonchev–Trinajstić information content (AvgIpc) is 2.68. The zero-order valence-corrected chi connectivity index (χ0v) is 15.2. The summed E-state index contributed by atoms with van der Waals surface area (Å²) in [6, 6.07) is 20.1. The number of anilines is 4. The minimum atomic E-state index is 0.421. The quantitative estimate of drug-likeness (QED) is 0.573. The molecule has 134 valence electrons. The molecular formula is C21H20N6. The van der Waals surface area contributed by atoms with Crippen LogP contribution in [0.1, 0.15) is 0 Å². The summed E-state index contributed by atoms with van der Waals surface area (Å²) >= 11 is 0. The minimum absolute atomic E-state index is 0.421. The highest BCUT2D eigenvalue weighted by molar-refractivity contribution is 5.95. The monoisotopic (exact) mass is 356 g/mol. The normalized spacial score (nSPS) is 10.7. The van der Waals surface area contributed by atoms with E-state index >= 15 is 0 Å². The second-order valence-electron chi connectivity index (χ2n) is 6.47. The number of rotatable bonds is 4. The lowest BCUT2D eigenvalue weighted by atomic mass is 10.1. The third kappa shape index (κ3) is 3.50. The van der Waals surface area contributed by atoms with E-state index in [0.717, 1.165) is 33.5 Å². The molecule has 6 heteroatoms. The molecule has 2 aromatic heterocycles. The fourth-order valence-corrected chi connectivity index (χ4v) is 2.95. The summed E-state index contributed by atoms with van der Waals surface area (Å²) in [5, 5.41) is 4.37. The van der Waals surface area contributed by atoms with E-state index in [4.69, 9.17) is 10.7 Å². The van der Waals surface area contributed by atoms with Gasteiger partial charge in [-0.3, -0.25) is 0 Å². The van der Waals surface area contributed by atoms with Crippen molar-refractivity contribution in [1.29, 1.82) is 0 Å². The van der Waals surface area contributed by atoms with Crippen molar-refractivity contribution < 1.29 is 0 Å². The Morgan fingerprint density at radius 2 is 1.78 bits per heavy atom. The van der Waals surface area contributed by atoms with Gasteiger partial charge in [0.05, 0.1) is 16.9 Å². The fraction of sp³-hybridized carbons (Fsp3) is 0.0952. The summed E-state index contributed by atoms with van der Waals surface area (Å²) in [7, 11) is 4.05. The Morgan fingerprint density at radius 1 is 0.926 bits per heavy atom. The van der Waals surface area contributed by atoms with Crippen LogP contribution >= 0.6 is 0 Å². The Morgan fingerprint density at radius 3 is 2.59 bits per heavy atom. The van der Waals surface area contributed by atoms with Crippen molar-refractivity contribution in [3.05, 3.63) is 67.0 Å². The fourth-order valence-electron chi connectivity index (χ4n) is 2.95. The molecule has 0 aliphatic rings. The summed E-state index contributed by atoms with van der Waals surface area (Å²) in [5.41, 5.74) is 10.7. The van der Waals surface area contributed by atoms with Crippen LogP contribution in [0.25, 0.3) is 22.2 Å². The lowest BCUT2D eigenvalue weighted by Gasteiger charge is -2.15. The zero-order valence-electron chi connectivity index (χ0n) is 15.2. The molecule has 0 saturated carbocycles. The number of nitrogens with two attached hydrogens (primary N) is 1. The molecule has 0 unspecified atom stereocenters. The van der Waals surface area contributed by atoms with Gasteiger partial charge in [0.15, 0.2) is 0 Å². The molecule has 27 heavy (non-hydrogen) atoms. The number of pyridine rings is 1. The maximum absolute atomic E-state index is 5.78. The number of benzene rings is 2. The summed E-state index contributed by atoms with van der Waals surface area (Å²) in [6.45, 7) is 0. The highest BCUT2D eigenvalue weighted by Crippen LogP contribution is 2.31. The molecule has 6 nitrogen and oxygen atoms in total. The second-order valence-corrected chi connectivity index (χ2v) is 6.47. The number of hydrogen-bond acceptors (Lipinski definition) is 6. The average molecular weight is 356 g/mol. The third-order valence-electron chi connectivity index (χ3n) is 4.33. The molecule has 0 aliphatic heterocycles. The molecule has 0 aliphatic carbocycles. The van der Waals surface area contributed by atoms with Gasteiger partial charge in [-0.15, -0.1) is 0 Å². The van der Waals surface area contributed by atoms with Crippen molar-refractivity contribution in [3.63, 3.8) is 0 Å². The summed E-state index contributed by atoms with van der Waals surface area (Å²) in [4.78, 5) is 15.1. The van der Waals surface area contributed by atoms with Gasteiger partial charge in [-0.05, 0) is 24.3 Å². The summed E-state index contributed by atoms with van der Waals surface area (Å²) in [6.07, 6.45) is 1.45. The maximum Gasteiger partial charge on any atom is 0.135 e. The van der Waals surface area contributed by atoms with Gasteiger partial charge in [0.1, 0.15) is 18.0 Å². The highest BCUT2D eigenvalue weighted by Gasteiger charge is 2.09. The van der Waals surface area contributed by atoms with E-state index in [-0.39, 0.29) is 0 Å². The Kier molecular flexibility index (Phi) is 4.30. The number of para-hydroxylation sites is 1. The molecule has 0 fully saturated rings. The van der Waals surface area contributed by atoms with Gasteiger partial charge in [-0.2, -0.15) is 0 Å². The minimum Gasteiger partial charge on any atom is -0.384 e. The van der Waals surface area contributed by atoms with Gasteiger partial charge in [0.2, 0.25) is 0 Å². The van der Waals surface area contributed by atoms with E-state index in [1.54, 1.807) is 6.07 Å². The second kappa shape index (κ2) is 6.92. The van der Waals surface area contributed by atoms with Gasteiger partial charge in [-0.1, -0.05) is 30.3 Å². The molecule has 2 aromatic carbocycles. The third-order valence-corrected chi connectivity index (χ3v) is 4.33. The van der Waals surface area contributed by atoms with E-state index in [2.05, 4.69) is 38.4 Å². The topological polar surface area (TPSA) is 80.0 Å². The first-order chi connectivity index (χ1) is 13.1. The van der Waals surface area contributed by atoms with E-state index in [9.17, 15) is 0 Å². The van der Waals surface area contributed by atoms with Crippen LogP contribution in [-0.2, 0) is 0 Å². The van der Waals surface area contributed by atoms with Crippen LogP contribution in [0.3, 0.4) is 0 Å². The van der Waals surface area contributed by atoms with Crippen LogP contribution in [0.2, 0.25) is 0 Å². The van der Waals surface area contributed by atoms with Crippen molar-refractivity contribution in [2.45, 2.75) is 0 Å². The smallest absolute Gasteiger partial charge is 0.135 e. The van der Waals surface area contributed by atoms with Crippen LogP contribution in [-0.4, -0.2) is 29.0 Å². The van der Waals surface area contributed by atoms with Crippen LogP contribution in [0.4, 0.5) is 23.0 Å². The van der Waals surface area contributed by atoms with Crippen molar-refractivity contribution in [1.82, 2.24) is 15.0 Å². The lowest BCUT2D eigenvalue weighted by Crippen LogP contribution is -2.08. The Bertz CT molecular complexity index is 1110. The molecule has 2 heterocycles. The molecule has 4 rings (SSSR count). The van der Waals surface area contributed by atoms with Gasteiger partial charge in [-0.25, -0.2) is 15.0 Å². The Balaban J connectivity index is 1.84. The van der Waals surface area contributed by atoms with E-state index in [0.29, 0.717) is 11.6 Å². The predicted octanol–water partition coefficient (Wildman–Crippen LogP) is 4.08. The van der Waals surface area contributed by atoms with Crippen LogP contribution in [0.5, 0.6) is 0 Å². The Hall–Kier alpha value is -3.67. The molecule has 0 amide bonds. The lowest BCUT2D eigenvalue weighted by molar-refractivity contribution is 1.13. The number of fused-ring (bicyclic) bond motifs is 1. The van der Waals surface area contributed by atoms with Crippen LogP contribution in [0.15, 0.2) is 67.0 Å². The molecule has 3 N–H and O–H groups in total. The van der Waals surface area contributed by atoms with Crippen LogP contribution < -0.4 is 16.0 Å². The number of nitrogen functional groups attached to an aromatic ring is 1. The SMILES string of the molecule is CN(C)c1cccc(-c2cc(Nc3cc(N)ncn3)c3ccccc3n2)c1. The van der Waals surface area contributed by atoms with Crippen molar-refractivity contribution in [2.75, 3.05) is 30.0 Å². The molecule has 0 radical (unpaired) electrons. The largest absolute Gasteiger partial charge is 0.384 e. The molecule has 4 aromatic rings. The highest BCUT2D eigenvalue weighted by atomic mass is 15.1. The first-order valence-electron chi connectivity index (χ1n) is 8.62. The van der Waals surface area contributed by atoms with Crippen LogP contribution in [0, 0.1) is 0 Å². The maximum atomic E-state index is 5.78. The zero-order chi connectivity index (χ0) is 18.8. The molecule has 0 bridgehead atoms. The number of hydrogen-bond donors (Lipinski definition) is 2. The molecule has 0 saturated heterocycles. The number of nitrogens with zero attached hydrogens (tertiary/aromatic N) is 4. The van der Waals surface area contributed by atoms with Gasteiger partial charge < -0.3 is 16.0 Å². The van der Waals surface area contributed by atoms with Gasteiger partial charge in [0.25, 0.3) is 0 Å². The molecular weight excluding hydrogens is 336 g/mol. The first kappa shape index (κ1) is 16.8. The summed E-state index contributed by atoms with van der Waals surface area (Å²) in [5.74, 6) is 1.07. The molecule has 0 spiro atoms. The first-order valence-corrected chi connectivity index (χ1v) is 8.62. The Labute approximate surface area is 157 Å². The summed E-state index contributed by atoms with van der Waals surface area (Å²) < 4.78 is 0. The van der Waals surface area contributed by atoms with Gasteiger partial charge in [0, 0.05) is 36.8 Å². The number of aromatic nitrogens is 3. The van der Waals surface area contributed by atoms with E-state index in [1.165, 1.54) is 6.33 Å². The van der Waals surface area contributed by atoms with Crippen molar-refractivity contribution in [2.24, 2.45) is 0 Å². The van der Waals surface area contributed by atoms with Crippen molar-refractivity contribution in [3.8, 4) is 11.3 Å². The van der Waals surface area contributed by atoms with E-state index in [1.807, 2.05) is 50.5 Å². The standard InChI is InChI=1S/C21H20N6/c1-27(2)15-7-5-6-14(10-15)18-11-19(16-8-3-4-9-17(16)25-18)26-21-12-20(22)23-13-24-21/h3-13H,1-2H3,(H3,22,23,24,25,26). The van der Waals surface area contributed by atoms with Crippen molar-refractivity contribution >= 4 is 33.9 Å². The number of nitrogens with one attached hydrogen (secondary N) is 1. The van der Waals surface area contributed by atoms with E-state index < -0.39 is 0 Å². The molecule has 0 atom stereocenters.